The predicted octanol–water partition coefficient (Wildman–Crippen LogP) is 4.70. The van der Waals surface area contributed by atoms with Crippen molar-refractivity contribution in [2.75, 3.05) is 7.11 Å². The Kier molecular flexibility index (Phi) is 4.19. The zero-order valence-electron chi connectivity index (χ0n) is 11.4. The largest absolute Gasteiger partial charge is 0.497 e. The first-order chi connectivity index (χ1) is 9.20. The van der Waals surface area contributed by atoms with E-state index in [2.05, 4.69) is 36.9 Å². The lowest BCUT2D eigenvalue weighted by Crippen LogP contribution is -1.89. The molecule has 0 amide bonds. The van der Waals surface area contributed by atoms with Crippen molar-refractivity contribution in [2.24, 2.45) is 0 Å². The summed E-state index contributed by atoms with van der Waals surface area (Å²) in [5.41, 5.74) is 4.57. The number of allylic oxidation sites excluding steroid dienone is 2. The van der Waals surface area contributed by atoms with Gasteiger partial charge in [0.05, 0.1) is 7.11 Å². The minimum absolute atomic E-state index is 0.867. The average molecular weight is 250 g/mol. The lowest BCUT2D eigenvalue weighted by atomic mass is 9.96. The van der Waals surface area contributed by atoms with Crippen LogP contribution in [0, 0.1) is 0 Å². The highest BCUT2D eigenvalue weighted by molar-refractivity contribution is 5.81. The first-order valence-electron chi connectivity index (χ1n) is 6.28. The SMILES string of the molecule is C=C(C)/C=C(\c1ccccc1)c1ccc(OC)cc1. The fourth-order valence-corrected chi connectivity index (χ4v) is 1.97. The first kappa shape index (κ1) is 13.2. The number of ether oxygens (including phenoxy) is 1. The Labute approximate surface area is 114 Å². The second kappa shape index (κ2) is 6.05. The maximum Gasteiger partial charge on any atom is 0.118 e. The summed E-state index contributed by atoms with van der Waals surface area (Å²) < 4.78 is 5.20. The molecule has 0 aliphatic rings. The van der Waals surface area contributed by atoms with Gasteiger partial charge >= 0.3 is 0 Å². The van der Waals surface area contributed by atoms with E-state index >= 15 is 0 Å². The lowest BCUT2D eigenvalue weighted by Gasteiger charge is -2.09. The van der Waals surface area contributed by atoms with E-state index in [1.54, 1.807) is 7.11 Å². The van der Waals surface area contributed by atoms with E-state index in [0.717, 1.165) is 16.9 Å². The van der Waals surface area contributed by atoms with Crippen molar-refractivity contribution in [3.8, 4) is 5.75 Å². The Morgan fingerprint density at radius 2 is 1.53 bits per heavy atom. The van der Waals surface area contributed by atoms with Crippen molar-refractivity contribution in [2.45, 2.75) is 6.92 Å². The van der Waals surface area contributed by atoms with Crippen molar-refractivity contribution >= 4 is 5.57 Å². The second-order valence-electron chi connectivity index (χ2n) is 4.50. The highest BCUT2D eigenvalue weighted by Crippen LogP contribution is 2.26. The topological polar surface area (TPSA) is 9.23 Å². The Morgan fingerprint density at radius 1 is 0.947 bits per heavy atom. The zero-order chi connectivity index (χ0) is 13.7. The smallest absolute Gasteiger partial charge is 0.118 e. The van der Waals surface area contributed by atoms with E-state index in [1.807, 2.05) is 37.3 Å². The summed E-state index contributed by atoms with van der Waals surface area (Å²) in [6.45, 7) is 5.98. The summed E-state index contributed by atoms with van der Waals surface area (Å²) in [7, 11) is 1.68. The molecule has 0 unspecified atom stereocenters. The Hall–Kier alpha value is -2.28. The third-order valence-electron chi connectivity index (χ3n) is 2.88. The molecule has 0 saturated carbocycles. The van der Waals surface area contributed by atoms with Crippen LogP contribution in [0.4, 0.5) is 0 Å². The van der Waals surface area contributed by atoms with Crippen molar-refractivity contribution in [3.63, 3.8) is 0 Å². The summed E-state index contributed by atoms with van der Waals surface area (Å²) >= 11 is 0. The average Bonchev–Trinajstić information content (AvgIpc) is 2.46. The van der Waals surface area contributed by atoms with Gasteiger partial charge in [0, 0.05) is 0 Å². The van der Waals surface area contributed by atoms with Crippen LogP contribution < -0.4 is 4.74 Å². The molecule has 19 heavy (non-hydrogen) atoms. The van der Waals surface area contributed by atoms with Crippen LogP contribution in [0.5, 0.6) is 5.75 Å². The van der Waals surface area contributed by atoms with Crippen molar-refractivity contribution in [1.82, 2.24) is 0 Å². The Balaban J connectivity index is 2.46. The van der Waals surface area contributed by atoms with E-state index in [1.165, 1.54) is 11.1 Å². The fourth-order valence-electron chi connectivity index (χ4n) is 1.97. The van der Waals surface area contributed by atoms with Gasteiger partial charge < -0.3 is 4.74 Å². The first-order valence-corrected chi connectivity index (χ1v) is 6.28. The Morgan fingerprint density at radius 3 is 2.05 bits per heavy atom. The molecule has 2 rings (SSSR count). The molecule has 2 aromatic carbocycles. The van der Waals surface area contributed by atoms with Crippen LogP contribution in [0.2, 0.25) is 0 Å². The van der Waals surface area contributed by atoms with Gasteiger partial charge in [-0.3, -0.25) is 0 Å². The molecule has 0 spiro atoms. The number of hydrogen-bond acceptors (Lipinski definition) is 1. The van der Waals surface area contributed by atoms with Gasteiger partial charge in [0.2, 0.25) is 0 Å². The van der Waals surface area contributed by atoms with Gasteiger partial charge in [-0.15, -0.1) is 0 Å². The Bertz CT molecular complexity index is 577. The second-order valence-corrected chi connectivity index (χ2v) is 4.50. The molecule has 0 aromatic heterocycles. The molecule has 2 aromatic rings. The summed E-state index contributed by atoms with van der Waals surface area (Å²) in [6, 6.07) is 18.4. The highest BCUT2D eigenvalue weighted by Gasteiger charge is 2.04. The molecule has 0 atom stereocenters. The standard InChI is InChI=1S/C18H18O/c1-14(2)13-18(15-7-5-4-6-8-15)16-9-11-17(19-3)12-10-16/h4-13H,1H2,2-3H3/b18-13+. The maximum absolute atomic E-state index is 5.20. The normalized spacial score (nSPS) is 11.2. The lowest BCUT2D eigenvalue weighted by molar-refractivity contribution is 0.415. The number of benzene rings is 2. The molecule has 1 nitrogen and oxygen atoms in total. The summed E-state index contributed by atoms with van der Waals surface area (Å²) in [6.07, 6.45) is 2.11. The molecule has 1 heteroatoms. The summed E-state index contributed by atoms with van der Waals surface area (Å²) in [5, 5.41) is 0. The quantitative estimate of drug-likeness (QED) is 0.714. The van der Waals surface area contributed by atoms with Crippen LogP contribution >= 0.6 is 0 Å². The molecule has 96 valence electrons. The predicted molar refractivity (Wildman–Crippen MR) is 81.3 cm³/mol. The van der Waals surface area contributed by atoms with Gasteiger partial charge in [-0.2, -0.15) is 0 Å². The van der Waals surface area contributed by atoms with Crippen LogP contribution in [0.15, 0.2) is 72.8 Å². The monoisotopic (exact) mass is 250 g/mol. The number of rotatable bonds is 4. The van der Waals surface area contributed by atoms with E-state index in [-0.39, 0.29) is 0 Å². The maximum atomic E-state index is 5.20. The third kappa shape index (κ3) is 3.35. The van der Waals surface area contributed by atoms with E-state index in [4.69, 9.17) is 4.74 Å². The van der Waals surface area contributed by atoms with Crippen molar-refractivity contribution in [1.29, 1.82) is 0 Å². The molecule has 0 aliphatic heterocycles. The molecule has 0 bridgehead atoms. The fraction of sp³-hybridized carbons (Fsp3) is 0.111. The van der Waals surface area contributed by atoms with Gasteiger partial charge in [0.15, 0.2) is 0 Å². The van der Waals surface area contributed by atoms with Gasteiger partial charge in [0.25, 0.3) is 0 Å². The van der Waals surface area contributed by atoms with E-state index in [0.29, 0.717) is 0 Å². The number of methoxy groups -OCH3 is 1. The van der Waals surface area contributed by atoms with Crippen LogP contribution in [0.3, 0.4) is 0 Å². The zero-order valence-corrected chi connectivity index (χ0v) is 11.4. The van der Waals surface area contributed by atoms with E-state index in [9.17, 15) is 0 Å². The minimum atomic E-state index is 0.867. The molecule has 0 heterocycles. The van der Waals surface area contributed by atoms with Gasteiger partial charge in [-0.1, -0.05) is 60.7 Å². The molecule has 0 fully saturated rings. The molecule has 0 N–H and O–H groups in total. The van der Waals surface area contributed by atoms with E-state index < -0.39 is 0 Å². The molecule has 0 radical (unpaired) electrons. The number of hydrogen-bond donors (Lipinski definition) is 0. The van der Waals surface area contributed by atoms with Crippen LogP contribution in [0.25, 0.3) is 5.57 Å². The van der Waals surface area contributed by atoms with Crippen molar-refractivity contribution < 1.29 is 4.74 Å². The van der Waals surface area contributed by atoms with Crippen LogP contribution in [-0.2, 0) is 0 Å². The molecular weight excluding hydrogens is 232 g/mol. The van der Waals surface area contributed by atoms with Gasteiger partial charge in [0.1, 0.15) is 5.75 Å². The van der Waals surface area contributed by atoms with Gasteiger partial charge in [-0.05, 0) is 35.8 Å². The molecular formula is C18H18O. The summed E-state index contributed by atoms with van der Waals surface area (Å²) in [5.74, 6) is 0.867. The summed E-state index contributed by atoms with van der Waals surface area (Å²) in [4.78, 5) is 0. The van der Waals surface area contributed by atoms with Crippen LogP contribution in [-0.4, -0.2) is 7.11 Å². The van der Waals surface area contributed by atoms with Crippen LogP contribution in [0.1, 0.15) is 18.1 Å². The van der Waals surface area contributed by atoms with Crippen molar-refractivity contribution in [3.05, 3.63) is 84.0 Å². The molecule has 0 saturated heterocycles. The molecule has 0 aliphatic carbocycles. The third-order valence-corrected chi connectivity index (χ3v) is 2.88. The van der Waals surface area contributed by atoms with Gasteiger partial charge in [-0.25, -0.2) is 0 Å². The minimum Gasteiger partial charge on any atom is -0.497 e. The highest BCUT2D eigenvalue weighted by atomic mass is 16.5.